The molecule has 0 heterocycles. The number of hydrogen-bond donors (Lipinski definition) is 2. The average molecular weight is 235 g/mol. The number of ether oxygens (including phenoxy) is 1. The third-order valence-electron chi connectivity index (χ3n) is 3.35. The predicted molar refractivity (Wildman–Crippen MR) is 69.4 cm³/mol. The van der Waals surface area contributed by atoms with Crippen molar-refractivity contribution in [3.63, 3.8) is 0 Å². The van der Waals surface area contributed by atoms with Gasteiger partial charge < -0.3 is 15.2 Å². The van der Waals surface area contributed by atoms with Gasteiger partial charge in [0, 0.05) is 17.8 Å². The molecular formula is C14H21NO2. The molecule has 0 aromatic heterocycles. The number of nitrogens with one attached hydrogen (secondary N) is 1. The second-order valence-electron chi connectivity index (χ2n) is 4.59. The minimum atomic E-state index is 0.0221. The summed E-state index contributed by atoms with van der Waals surface area (Å²) >= 11 is 0. The van der Waals surface area contributed by atoms with Crippen LogP contribution < -0.4 is 10.1 Å². The third kappa shape index (κ3) is 3.13. The second kappa shape index (κ2) is 5.92. The summed E-state index contributed by atoms with van der Waals surface area (Å²) in [7, 11) is 0. The Hall–Kier alpha value is -1.22. The van der Waals surface area contributed by atoms with E-state index in [1.54, 1.807) is 0 Å². The van der Waals surface area contributed by atoms with Crippen molar-refractivity contribution in [2.45, 2.75) is 32.8 Å². The first-order valence-corrected chi connectivity index (χ1v) is 6.44. The highest BCUT2D eigenvalue weighted by atomic mass is 16.5. The van der Waals surface area contributed by atoms with Gasteiger partial charge in [-0.25, -0.2) is 0 Å². The minimum absolute atomic E-state index is 0.0221. The first-order valence-electron chi connectivity index (χ1n) is 6.44. The molecule has 3 nitrogen and oxygen atoms in total. The van der Waals surface area contributed by atoms with E-state index >= 15 is 0 Å². The fourth-order valence-electron chi connectivity index (χ4n) is 2.07. The monoisotopic (exact) mass is 235 g/mol. The molecule has 1 aliphatic carbocycles. The molecule has 0 bridgehead atoms. The van der Waals surface area contributed by atoms with Gasteiger partial charge in [-0.05, 0) is 43.9 Å². The number of rotatable bonds is 6. The van der Waals surface area contributed by atoms with Crippen molar-refractivity contribution in [2.75, 3.05) is 18.5 Å². The summed E-state index contributed by atoms with van der Waals surface area (Å²) in [6.07, 6.45) is 4.06. The molecule has 0 unspecified atom stereocenters. The number of anilines is 1. The van der Waals surface area contributed by atoms with E-state index in [4.69, 9.17) is 4.74 Å². The first kappa shape index (κ1) is 12.2. The average Bonchev–Trinajstić information content (AvgIpc) is 2.29. The molecule has 1 fully saturated rings. The van der Waals surface area contributed by atoms with Gasteiger partial charge in [0.05, 0.1) is 13.2 Å². The Bertz CT molecular complexity index is 361. The second-order valence-corrected chi connectivity index (χ2v) is 4.59. The zero-order valence-electron chi connectivity index (χ0n) is 10.4. The molecule has 0 radical (unpaired) electrons. The van der Waals surface area contributed by atoms with Gasteiger partial charge in [-0.3, -0.25) is 0 Å². The Balaban J connectivity index is 1.97. The SMILES string of the molecule is CCOc1ccc(NCC2CCC2)cc1CO. The van der Waals surface area contributed by atoms with E-state index in [9.17, 15) is 5.11 Å². The van der Waals surface area contributed by atoms with E-state index in [1.165, 1.54) is 19.3 Å². The quantitative estimate of drug-likeness (QED) is 0.796. The van der Waals surface area contributed by atoms with Crippen molar-refractivity contribution < 1.29 is 9.84 Å². The molecule has 2 N–H and O–H groups in total. The van der Waals surface area contributed by atoms with Gasteiger partial charge in [-0.15, -0.1) is 0 Å². The topological polar surface area (TPSA) is 41.5 Å². The summed E-state index contributed by atoms with van der Waals surface area (Å²) in [6, 6.07) is 5.92. The molecule has 1 aromatic carbocycles. The Morgan fingerprint density at radius 2 is 2.24 bits per heavy atom. The van der Waals surface area contributed by atoms with Gasteiger partial charge in [-0.2, -0.15) is 0 Å². The molecule has 94 valence electrons. The normalized spacial score (nSPS) is 15.4. The fourth-order valence-corrected chi connectivity index (χ4v) is 2.07. The Kier molecular flexibility index (Phi) is 4.26. The van der Waals surface area contributed by atoms with Crippen LogP contribution in [0.5, 0.6) is 5.75 Å². The van der Waals surface area contributed by atoms with E-state index in [-0.39, 0.29) is 6.61 Å². The van der Waals surface area contributed by atoms with Crippen LogP contribution in [0.4, 0.5) is 5.69 Å². The molecule has 0 atom stereocenters. The maximum Gasteiger partial charge on any atom is 0.124 e. The highest BCUT2D eigenvalue weighted by Crippen LogP contribution is 2.28. The van der Waals surface area contributed by atoms with Gasteiger partial charge in [0.25, 0.3) is 0 Å². The zero-order chi connectivity index (χ0) is 12.1. The molecule has 0 aliphatic heterocycles. The van der Waals surface area contributed by atoms with Crippen molar-refractivity contribution in [1.82, 2.24) is 0 Å². The predicted octanol–water partition coefficient (Wildman–Crippen LogP) is 2.79. The minimum Gasteiger partial charge on any atom is -0.494 e. The maximum atomic E-state index is 9.30. The molecule has 3 heteroatoms. The van der Waals surface area contributed by atoms with Crippen LogP contribution in [0.15, 0.2) is 18.2 Å². The maximum absolute atomic E-state index is 9.30. The summed E-state index contributed by atoms with van der Waals surface area (Å²) < 4.78 is 5.45. The lowest BCUT2D eigenvalue weighted by atomic mass is 9.85. The lowest BCUT2D eigenvalue weighted by molar-refractivity contribution is 0.267. The number of benzene rings is 1. The molecule has 1 saturated carbocycles. The molecule has 0 spiro atoms. The van der Waals surface area contributed by atoms with Crippen LogP contribution in [-0.2, 0) is 6.61 Å². The summed E-state index contributed by atoms with van der Waals surface area (Å²) in [5.41, 5.74) is 1.93. The van der Waals surface area contributed by atoms with Crippen LogP contribution in [-0.4, -0.2) is 18.3 Å². The van der Waals surface area contributed by atoms with Crippen molar-refractivity contribution in [2.24, 2.45) is 5.92 Å². The van der Waals surface area contributed by atoms with Gasteiger partial charge in [0.2, 0.25) is 0 Å². The van der Waals surface area contributed by atoms with Gasteiger partial charge in [-0.1, -0.05) is 6.42 Å². The van der Waals surface area contributed by atoms with E-state index in [1.807, 2.05) is 25.1 Å². The number of aliphatic hydroxyl groups is 1. The van der Waals surface area contributed by atoms with Gasteiger partial charge in [0.1, 0.15) is 5.75 Å². The van der Waals surface area contributed by atoms with E-state index in [2.05, 4.69) is 5.32 Å². The highest BCUT2D eigenvalue weighted by Gasteiger charge is 2.16. The summed E-state index contributed by atoms with van der Waals surface area (Å²) in [4.78, 5) is 0. The van der Waals surface area contributed by atoms with E-state index in [0.717, 1.165) is 29.5 Å². The van der Waals surface area contributed by atoms with Crippen LogP contribution in [0.25, 0.3) is 0 Å². The summed E-state index contributed by atoms with van der Waals surface area (Å²) in [5.74, 6) is 1.61. The Morgan fingerprint density at radius 1 is 1.41 bits per heavy atom. The van der Waals surface area contributed by atoms with Crippen LogP contribution in [0.2, 0.25) is 0 Å². The zero-order valence-corrected chi connectivity index (χ0v) is 10.4. The van der Waals surface area contributed by atoms with Crippen molar-refractivity contribution in [3.8, 4) is 5.75 Å². The Labute approximate surface area is 103 Å². The molecule has 0 amide bonds. The number of hydrogen-bond acceptors (Lipinski definition) is 3. The number of aliphatic hydroxyl groups excluding tert-OH is 1. The first-order chi connectivity index (χ1) is 8.33. The van der Waals surface area contributed by atoms with Crippen LogP contribution in [0, 0.1) is 5.92 Å². The van der Waals surface area contributed by atoms with Gasteiger partial charge >= 0.3 is 0 Å². The van der Waals surface area contributed by atoms with Crippen molar-refractivity contribution in [3.05, 3.63) is 23.8 Å². The van der Waals surface area contributed by atoms with E-state index in [0.29, 0.717) is 6.61 Å². The molecule has 1 aromatic rings. The van der Waals surface area contributed by atoms with Crippen LogP contribution in [0.3, 0.4) is 0 Å². The van der Waals surface area contributed by atoms with Gasteiger partial charge in [0.15, 0.2) is 0 Å². The highest BCUT2D eigenvalue weighted by molar-refractivity contribution is 5.51. The van der Waals surface area contributed by atoms with E-state index < -0.39 is 0 Å². The molecule has 1 aliphatic rings. The van der Waals surface area contributed by atoms with Crippen molar-refractivity contribution in [1.29, 1.82) is 0 Å². The molecule has 2 rings (SSSR count). The lowest BCUT2D eigenvalue weighted by Crippen LogP contribution is -2.20. The molecule has 0 saturated heterocycles. The fraction of sp³-hybridized carbons (Fsp3) is 0.571. The largest absolute Gasteiger partial charge is 0.494 e. The van der Waals surface area contributed by atoms with Crippen molar-refractivity contribution >= 4 is 5.69 Å². The smallest absolute Gasteiger partial charge is 0.124 e. The summed E-state index contributed by atoms with van der Waals surface area (Å²) in [5, 5.41) is 12.7. The molecule has 17 heavy (non-hydrogen) atoms. The molecular weight excluding hydrogens is 214 g/mol. The van der Waals surface area contributed by atoms with Crippen LogP contribution >= 0.6 is 0 Å². The standard InChI is InChI=1S/C14H21NO2/c1-2-17-14-7-6-13(8-12(14)10-16)15-9-11-4-3-5-11/h6-8,11,15-16H,2-5,9-10H2,1H3. The third-order valence-corrected chi connectivity index (χ3v) is 3.35. The summed E-state index contributed by atoms with van der Waals surface area (Å²) in [6.45, 7) is 3.64. The Morgan fingerprint density at radius 3 is 2.82 bits per heavy atom. The van der Waals surface area contributed by atoms with Crippen LogP contribution in [0.1, 0.15) is 31.7 Å². The lowest BCUT2D eigenvalue weighted by Gasteiger charge is -2.26.